The maximum atomic E-state index is 13.1. The van der Waals surface area contributed by atoms with E-state index in [2.05, 4.69) is 19.1 Å². The molecule has 0 spiro atoms. The molecular formula is C25H30F3NO3. The lowest BCUT2D eigenvalue weighted by atomic mass is 9.87. The number of aryl methyl sites for hydroxylation is 1. The minimum absolute atomic E-state index is 0.0353. The third kappa shape index (κ3) is 6.17. The van der Waals surface area contributed by atoms with E-state index in [1.165, 1.54) is 18.7 Å². The summed E-state index contributed by atoms with van der Waals surface area (Å²) in [6.07, 6.45) is -0.627. The van der Waals surface area contributed by atoms with Gasteiger partial charge in [-0.3, -0.25) is 4.79 Å². The normalized spacial score (nSPS) is 17.3. The molecule has 2 atom stereocenters. The number of nitrogens with zero attached hydrogens (tertiary/aromatic N) is 1. The Hall–Kier alpha value is -2.70. The van der Waals surface area contributed by atoms with E-state index in [4.69, 9.17) is 9.47 Å². The van der Waals surface area contributed by atoms with Crippen LogP contribution in [0.5, 0.6) is 11.5 Å². The Labute approximate surface area is 187 Å². The van der Waals surface area contributed by atoms with Crippen molar-refractivity contribution in [1.82, 2.24) is 4.90 Å². The van der Waals surface area contributed by atoms with Crippen molar-refractivity contribution in [3.63, 3.8) is 0 Å². The Morgan fingerprint density at radius 1 is 1.16 bits per heavy atom. The number of halogens is 3. The Bertz CT molecular complexity index is 886. The van der Waals surface area contributed by atoms with Gasteiger partial charge in [0.2, 0.25) is 5.91 Å². The molecule has 0 radical (unpaired) electrons. The molecule has 1 heterocycles. The predicted molar refractivity (Wildman–Crippen MR) is 117 cm³/mol. The van der Waals surface area contributed by atoms with Gasteiger partial charge in [0.05, 0.1) is 7.11 Å². The molecule has 4 nitrogen and oxygen atoms in total. The summed E-state index contributed by atoms with van der Waals surface area (Å²) >= 11 is 0. The first-order valence-electron chi connectivity index (χ1n) is 11.0. The molecule has 0 N–H and O–H groups in total. The fourth-order valence-corrected chi connectivity index (χ4v) is 4.49. The largest absolute Gasteiger partial charge is 0.493 e. The summed E-state index contributed by atoms with van der Waals surface area (Å²) in [6.45, 7) is 1.55. The van der Waals surface area contributed by atoms with Gasteiger partial charge in [-0.05, 0) is 48.9 Å². The van der Waals surface area contributed by atoms with Crippen molar-refractivity contribution in [2.45, 2.75) is 57.2 Å². The number of carbonyl (C=O) groups excluding carboxylic acids is 1. The third-order valence-electron chi connectivity index (χ3n) is 6.00. The van der Waals surface area contributed by atoms with Crippen molar-refractivity contribution < 1.29 is 27.4 Å². The zero-order valence-electron chi connectivity index (χ0n) is 18.5. The first-order valence-corrected chi connectivity index (χ1v) is 11.0. The Kier molecular flexibility index (Phi) is 8.04. The van der Waals surface area contributed by atoms with Gasteiger partial charge >= 0.3 is 6.18 Å². The number of hydrogen-bond acceptors (Lipinski definition) is 3. The van der Waals surface area contributed by atoms with Gasteiger partial charge in [-0.1, -0.05) is 43.3 Å². The second-order valence-electron chi connectivity index (χ2n) is 8.11. The van der Waals surface area contributed by atoms with Crippen LogP contribution in [-0.2, 0) is 11.2 Å². The monoisotopic (exact) mass is 449 g/mol. The minimum Gasteiger partial charge on any atom is -0.493 e. The molecule has 1 fully saturated rings. The number of methoxy groups -OCH3 is 1. The number of benzene rings is 2. The lowest BCUT2D eigenvalue weighted by Gasteiger charge is -2.32. The van der Waals surface area contributed by atoms with E-state index in [1.54, 1.807) is 12.1 Å². The maximum absolute atomic E-state index is 13.1. The standard InChI is InChI=1S/C25H30F3NO3/c1-3-20(19-8-5-4-6-9-19)21-10-7-15-29(21)24(30)14-12-18-11-13-22(23(16-18)31-2)32-17-25(26,27)28/h4-6,8-9,11,13,16,20-21H,3,7,10,12,14-15,17H2,1-2H3/t20-,21+/m1/s1. The van der Waals surface area contributed by atoms with Crippen LogP contribution in [0.3, 0.4) is 0 Å². The lowest BCUT2D eigenvalue weighted by molar-refractivity contribution is -0.153. The number of carbonyl (C=O) groups is 1. The van der Waals surface area contributed by atoms with Crippen molar-refractivity contribution in [1.29, 1.82) is 0 Å². The Morgan fingerprint density at radius 3 is 2.56 bits per heavy atom. The van der Waals surface area contributed by atoms with Gasteiger partial charge in [0, 0.05) is 24.9 Å². The molecule has 0 saturated carbocycles. The van der Waals surface area contributed by atoms with Crippen LogP contribution in [0.2, 0.25) is 0 Å². The summed E-state index contributed by atoms with van der Waals surface area (Å²) in [4.78, 5) is 15.1. The lowest BCUT2D eigenvalue weighted by Crippen LogP contribution is -2.39. The molecular weight excluding hydrogens is 419 g/mol. The molecule has 2 aromatic rings. The van der Waals surface area contributed by atoms with Crippen molar-refractivity contribution >= 4 is 5.91 Å². The first-order chi connectivity index (χ1) is 15.3. The van der Waals surface area contributed by atoms with Crippen LogP contribution in [0.15, 0.2) is 48.5 Å². The summed E-state index contributed by atoms with van der Waals surface area (Å²) < 4.78 is 47.3. The molecule has 3 rings (SSSR count). The second-order valence-corrected chi connectivity index (χ2v) is 8.11. The molecule has 2 aromatic carbocycles. The van der Waals surface area contributed by atoms with Crippen molar-refractivity contribution in [2.24, 2.45) is 0 Å². The number of rotatable bonds is 9. The third-order valence-corrected chi connectivity index (χ3v) is 6.00. The van der Waals surface area contributed by atoms with Gasteiger partial charge in [-0.2, -0.15) is 13.2 Å². The number of ether oxygens (including phenoxy) is 2. The van der Waals surface area contributed by atoms with Crippen LogP contribution in [0, 0.1) is 0 Å². The van der Waals surface area contributed by atoms with Crippen molar-refractivity contribution in [3.05, 3.63) is 59.7 Å². The summed E-state index contributed by atoms with van der Waals surface area (Å²) in [5, 5.41) is 0. The topological polar surface area (TPSA) is 38.8 Å². The number of hydrogen-bond donors (Lipinski definition) is 0. The highest BCUT2D eigenvalue weighted by atomic mass is 19.4. The molecule has 32 heavy (non-hydrogen) atoms. The van der Waals surface area contributed by atoms with E-state index < -0.39 is 12.8 Å². The summed E-state index contributed by atoms with van der Waals surface area (Å²) in [7, 11) is 1.38. The first kappa shape index (κ1) is 24.0. The van der Waals surface area contributed by atoms with E-state index in [9.17, 15) is 18.0 Å². The van der Waals surface area contributed by atoms with Crippen molar-refractivity contribution in [2.75, 3.05) is 20.3 Å². The SMILES string of the molecule is CC[C@H](c1ccccc1)[C@@H]1CCCN1C(=O)CCc1ccc(OCC(F)(F)F)c(OC)c1. The van der Waals surface area contributed by atoms with Gasteiger partial charge in [0.1, 0.15) is 0 Å². The zero-order valence-corrected chi connectivity index (χ0v) is 18.5. The number of alkyl halides is 3. The smallest absolute Gasteiger partial charge is 0.422 e. The molecule has 1 aliphatic rings. The van der Waals surface area contributed by atoms with Crippen LogP contribution in [0.4, 0.5) is 13.2 Å². The van der Waals surface area contributed by atoms with Gasteiger partial charge in [-0.15, -0.1) is 0 Å². The van der Waals surface area contributed by atoms with E-state index in [1.807, 2.05) is 23.1 Å². The van der Waals surface area contributed by atoms with E-state index in [0.29, 0.717) is 18.8 Å². The summed E-state index contributed by atoms with van der Waals surface area (Å²) in [5.41, 5.74) is 2.08. The predicted octanol–water partition coefficient (Wildman–Crippen LogP) is 5.75. The fourth-order valence-electron chi connectivity index (χ4n) is 4.49. The average Bonchev–Trinajstić information content (AvgIpc) is 3.26. The number of amides is 1. The Morgan fingerprint density at radius 2 is 1.91 bits per heavy atom. The van der Waals surface area contributed by atoms with Gasteiger partial charge in [-0.25, -0.2) is 0 Å². The number of likely N-dealkylation sites (tertiary alicyclic amines) is 1. The van der Waals surface area contributed by atoms with Crippen LogP contribution in [0.1, 0.15) is 49.7 Å². The van der Waals surface area contributed by atoms with E-state index in [0.717, 1.165) is 31.4 Å². The molecule has 0 aromatic heterocycles. The molecule has 1 saturated heterocycles. The van der Waals surface area contributed by atoms with Gasteiger partial charge < -0.3 is 14.4 Å². The molecule has 1 aliphatic heterocycles. The summed E-state index contributed by atoms with van der Waals surface area (Å²) in [5.74, 6) is 0.688. The molecule has 0 aliphatic carbocycles. The van der Waals surface area contributed by atoms with E-state index >= 15 is 0 Å². The quantitative estimate of drug-likeness (QED) is 0.489. The van der Waals surface area contributed by atoms with Crippen LogP contribution in [0.25, 0.3) is 0 Å². The minimum atomic E-state index is -4.42. The van der Waals surface area contributed by atoms with Crippen molar-refractivity contribution in [3.8, 4) is 11.5 Å². The van der Waals surface area contributed by atoms with Gasteiger partial charge in [0.25, 0.3) is 0 Å². The highest BCUT2D eigenvalue weighted by Crippen LogP contribution is 2.34. The molecule has 7 heteroatoms. The van der Waals surface area contributed by atoms with Crippen LogP contribution in [-0.4, -0.2) is 43.3 Å². The molecule has 0 bridgehead atoms. The van der Waals surface area contributed by atoms with Crippen LogP contribution < -0.4 is 9.47 Å². The molecule has 0 unspecified atom stereocenters. The highest BCUT2D eigenvalue weighted by molar-refractivity contribution is 5.77. The summed E-state index contributed by atoms with van der Waals surface area (Å²) in [6, 6.07) is 15.3. The molecule has 174 valence electrons. The Balaban J connectivity index is 1.63. The maximum Gasteiger partial charge on any atom is 0.422 e. The van der Waals surface area contributed by atoms with Gasteiger partial charge in [0.15, 0.2) is 18.1 Å². The van der Waals surface area contributed by atoms with E-state index in [-0.39, 0.29) is 23.4 Å². The molecule has 1 amide bonds. The zero-order chi connectivity index (χ0) is 23.1. The fraction of sp³-hybridized carbons (Fsp3) is 0.480. The average molecular weight is 450 g/mol. The van der Waals surface area contributed by atoms with Crippen LogP contribution >= 0.6 is 0 Å². The second kappa shape index (κ2) is 10.7. The highest BCUT2D eigenvalue weighted by Gasteiger charge is 2.34.